The number of rotatable bonds is 4. The molecule has 0 bridgehead atoms. The molecule has 0 radical (unpaired) electrons. The number of hydrogen-bond acceptors (Lipinski definition) is 6. The van der Waals surface area contributed by atoms with Crippen LogP contribution in [-0.4, -0.2) is 55.9 Å². The molecule has 1 aromatic carbocycles. The van der Waals surface area contributed by atoms with Crippen LogP contribution in [0.1, 0.15) is 11.9 Å². The average molecular weight is 309 g/mol. The molecule has 1 aromatic rings. The molecule has 7 nitrogen and oxygen atoms in total. The topological polar surface area (TPSA) is 86.2 Å². The van der Waals surface area contributed by atoms with Gasteiger partial charge in [-0.3, -0.25) is 4.79 Å². The van der Waals surface area contributed by atoms with Gasteiger partial charge in [0.15, 0.2) is 12.6 Å². The highest BCUT2D eigenvalue weighted by Gasteiger charge is 2.49. The van der Waals surface area contributed by atoms with Crippen molar-refractivity contribution in [2.45, 2.75) is 36.9 Å². The Morgan fingerprint density at radius 1 is 1.32 bits per heavy atom. The van der Waals surface area contributed by atoms with Gasteiger partial charge in [0.2, 0.25) is 6.41 Å². The van der Waals surface area contributed by atoms with Crippen LogP contribution >= 0.6 is 0 Å². The first-order chi connectivity index (χ1) is 10.7. The molecule has 0 aromatic heterocycles. The second-order valence-corrected chi connectivity index (χ2v) is 5.26. The van der Waals surface area contributed by atoms with E-state index < -0.39 is 36.9 Å². The molecule has 1 amide bonds. The van der Waals surface area contributed by atoms with E-state index in [1.54, 1.807) is 0 Å². The zero-order valence-electron chi connectivity index (χ0n) is 12.1. The predicted molar refractivity (Wildman–Crippen MR) is 74.7 cm³/mol. The van der Waals surface area contributed by atoms with Crippen molar-refractivity contribution >= 4 is 6.41 Å². The normalized spacial score (nSPS) is 38.1. The Kier molecular flexibility index (Phi) is 4.70. The van der Waals surface area contributed by atoms with Crippen molar-refractivity contribution in [1.29, 1.82) is 0 Å². The molecule has 2 saturated heterocycles. The minimum absolute atomic E-state index is 0.273. The summed E-state index contributed by atoms with van der Waals surface area (Å²) in [6, 6.07) is 8.76. The lowest BCUT2D eigenvalue weighted by atomic mass is 9.96. The van der Waals surface area contributed by atoms with Gasteiger partial charge in [0.25, 0.3) is 0 Å². The number of aliphatic hydroxyl groups is 1. The van der Waals surface area contributed by atoms with E-state index in [1.807, 2.05) is 30.3 Å². The summed E-state index contributed by atoms with van der Waals surface area (Å²) in [7, 11) is 1.45. The molecular weight excluding hydrogens is 290 g/mol. The van der Waals surface area contributed by atoms with Crippen LogP contribution < -0.4 is 5.32 Å². The van der Waals surface area contributed by atoms with Crippen molar-refractivity contribution < 1.29 is 28.8 Å². The number of methoxy groups -OCH3 is 1. The maximum Gasteiger partial charge on any atom is 0.207 e. The molecule has 2 aliphatic rings. The first-order valence-electron chi connectivity index (χ1n) is 7.12. The number of nitrogens with one attached hydrogen (secondary N) is 1. The summed E-state index contributed by atoms with van der Waals surface area (Å²) < 4.78 is 22.4. The molecule has 0 saturated carbocycles. The minimum atomic E-state index is -0.955. The lowest BCUT2D eigenvalue weighted by Gasteiger charge is -2.47. The molecule has 120 valence electrons. The first kappa shape index (κ1) is 15.4. The Morgan fingerprint density at radius 3 is 2.77 bits per heavy atom. The van der Waals surface area contributed by atoms with Gasteiger partial charge >= 0.3 is 0 Å². The zero-order chi connectivity index (χ0) is 15.5. The maximum absolute atomic E-state index is 10.7. The SMILES string of the molecule is CO[C@@H]1O[C@@H]2CO[C@H](c3ccccc3)O[C@H]2[C@H](O)[C@@H]1NC=O. The van der Waals surface area contributed by atoms with Crippen LogP contribution in [0, 0.1) is 0 Å². The average Bonchev–Trinajstić information content (AvgIpc) is 2.58. The number of ether oxygens (including phenoxy) is 4. The van der Waals surface area contributed by atoms with Crippen molar-refractivity contribution in [2.24, 2.45) is 0 Å². The fourth-order valence-corrected chi connectivity index (χ4v) is 2.83. The van der Waals surface area contributed by atoms with Crippen LogP contribution in [0.4, 0.5) is 0 Å². The summed E-state index contributed by atoms with van der Waals surface area (Å²) in [6.07, 6.45) is -2.83. The molecule has 2 fully saturated rings. The number of hydrogen-bond donors (Lipinski definition) is 2. The van der Waals surface area contributed by atoms with Gasteiger partial charge in [-0.1, -0.05) is 30.3 Å². The Morgan fingerprint density at radius 2 is 2.09 bits per heavy atom. The fraction of sp³-hybridized carbons (Fsp3) is 0.533. The third kappa shape index (κ3) is 2.86. The number of aliphatic hydroxyl groups excluding tert-OH is 1. The molecule has 2 N–H and O–H groups in total. The van der Waals surface area contributed by atoms with E-state index in [1.165, 1.54) is 7.11 Å². The van der Waals surface area contributed by atoms with Gasteiger partial charge in [0.1, 0.15) is 24.4 Å². The summed E-state index contributed by atoms with van der Waals surface area (Å²) in [5.41, 5.74) is 0.863. The molecule has 0 unspecified atom stereocenters. The fourth-order valence-electron chi connectivity index (χ4n) is 2.83. The quantitative estimate of drug-likeness (QED) is 0.758. The van der Waals surface area contributed by atoms with E-state index in [-0.39, 0.29) is 6.61 Å². The van der Waals surface area contributed by atoms with Crippen molar-refractivity contribution in [2.75, 3.05) is 13.7 Å². The zero-order valence-corrected chi connectivity index (χ0v) is 12.1. The van der Waals surface area contributed by atoms with Crippen molar-refractivity contribution in [3.63, 3.8) is 0 Å². The summed E-state index contributed by atoms with van der Waals surface area (Å²) in [6.45, 7) is 0.273. The monoisotopic (exact) mass is 309 g/mol. The van der Waals surface area contributed by atoms with Crippen molar-refractivity contribution in [1.82, 2.24) is 5.32 Å². The smallest absolute Gasteiger partial charge is 0.207 e. The van der Waals surface area contributed by atoms with Crippen LogP contribution in [-0.2, 0) is 23.7 Å². The van der Waals surface area contributed by atoms with Gasteiger partial charge in [0, 0.05) is 12.7 Å². The lowest BCUT2D eigenvalue weighted by Crippen LogP contribution is -2.65. The summed E-state index contributed by atoms with van der Waals surface area (Å²) >= 11 is 0. The molecule has 2 heterocycles. The van der Waals surface area contributed by atoms with E-state index in [0.29, 0.717) is 6.41 Å². The number of carbonyl (C=O) groups excluding carboxylic acids is 1. The highest BCUT2D eigenvalue weighted by atomic mass is 16.7. The standard InChI is InChI=1S/C15H19NO6/c1-19-15-11(16-8-17)12(18)13-10(21-15)7-20-14(22-13)9-5-3-2-4-6-9/h2-6,8,10-15,18H,7H2,1H3,(H,16,17)/t10-,11+,12-,13-,14+,15-/m1/s1. The van der Waals surface area contributed by atoms with E-state index in [0.717, 1.165) is 5.56 Å². The first-order valence-corrected chi connectivity index (χ1v) is 7.12. The molecule has 2 aliphatic heterocycles. The summed E-state index contributed by atoms with van der Waals surface area (Å²) in [5, 5.41) is 13.0. The minimum Gasteiger partial charge on any atom is -0.388 e. The van der Waals surface area contributed by atoms with E-state index >= 15 is 0 Å². The van der Waals surface area contributed by atoms with Gasteiger partial charge in [0.05, 0.1) is 6.61 Å². The second kappa shape index (κ2) is 6.72. The Hall–Kier alpha value is -1.51. The van der Waals surface area contributed by atoms with Crippen LogP contribution in [0.3, 0.4) is 0 Å². The molecule has 7 heteroatoms. The Balaban J connectivity index is 1.76. The summed E-state index contributed by atoms with van der Waals surface area (Å²) in [4.78, 5) is 10.7. The number of fused-ring (bicyclic) bond motifs is 1. The van der Waals surface area contributed by atoms with Gasteiger partial charge in [-0.25, -0.2) is 0 Å². The van der Waals surface area contributed by atoms with E-state index in [4.69, 9.17) is 18.9 Å². The molecule has 0 spiro atoms. The van der Waals surface area contributed by atoms with Gasteiger partial charge in [-0.05, 0) is 0 Å². The summed E-state index contributed by atoms with van der Waals surface area (Å²) in [5.74, 6) is 0. The van der Waals surface area contributed by atoms with E-state index in [2.05, 4.69) is 5.32 Å². The molecule has 0 aliphatic carbocycles. The molecule has 6 atom stereocenters. The van der Waals surface area contributed by atoms with Gasteiger partial charge in [-0.2, -0.15) is 0 Å². The van der Waals surface area contributed by atoms with Crippen LogP contribution in [0.2, 0.25) is 0 Å². The molecule has 22 heavy (non-hydrogen) atoms. The number of carbonyl (C=O) groups is 1. The highest BCUT2D eigenvalue weighted by Crippen LogP contribution is 2.34. The van der Waals surface area contributed by atoms with E-state index in [9.17, 15) is 9.90 Å². The second-order valence-electron chi connectivity index (χ2n) is 5.26. The largest absolute Gasteiger partial charge is 0.388 e. The van der Waals surface area contributed by atoms with Crippen LogP contribution in [0.25, 0.3) is 0 Å². The van der Waals surface area contributed by atoms with Gasteiger partial charge in [-0.15, -0.1) is 0 Å². The third-order valence-electron chi connectivity index (χ3n) is 3.93. The van der Waals surface area contributed by atoms with Crippen LogP contribution in [0.15, 0.2) is 30.3 Å². The highest BCUT2D eigenvalue weighted by molar-refractivity contribution is 5.47. The van der Waals surface area contributed by atoms with Crippen molar-refractivity contribution in [3.8, 4) is 0 Å². The number of benzene rings is 1. The molecular formula is C15H19NO6. The lowest BCUT2D eigenvalue weighted by molar-refractivity contribution is -0.341. The van der Waals surface area contributed by atoms with Crippen molar-refractivity contribution in [3.05, 3.63) is 35.9 Å². The maximum atomic E-state index is 10.7. The predicted octanol–water partition coefficient (Wildman–Crippen LogP) is -0.0526. The molecule has 3 rings (SSSR count). The third-order valence-corrected chi connectivity index (χ3v) is 3.93. The van der Waals surface area contributed by atoms with Crippen LogP contribution in [0.5, 0.6) is 0 Å². The Labute approximate surface area is 128 Å². The van der Waals surface area contributed by atoms with Gasteiger partial charge < -0.3 is 29.4 Å². The Bertz CT molecular complexity index is 498. The number of amides is 1.